The van der Waals surface area contributed by atoms with Crippen LogP contribution in [-0.2, 0) is 19.6 Å². The molecule has 0 spiro atoms. The summed E-state index contributed by atoms with van der Waals surface area (Å²) in [5, 5.41) is 3.06. The van der Waals surface area contributed by atoms with Crippen LogP contribution in [0.2, 0.25) is 0 Å². The Morgan fingerprint density at radius 2 is 1.77 bits per heavy atom. The Morgan fingerprint density at radius 1 is 1.11 bits per heavy atom. The lowest BCUT2D eigenvalue weighted by Crippen LogP contribution is -2.41. The van der Waals surface area contributed by atoms with Crippen LogP contribution in [0.25, 0.3) is 11.3 Å². The van der Waals surface area contributed by atoms with Crippen molar-refractivity contribution in [2.75, 3.05) is 25.0 Å². The molecule has 2 heterocycles. The number of hydrogen-bond donors (Lipinski definition) is 1. The Labute approximate surface area is 206 Å². The number of benzene rings is 2. The van der Waals surface area contributed by atoms with Crippen molar-refractivity contribution in [3.8, 4) is 11.3 Å². The van der Waals surface area contributed by atoms with E-state index in [-0.39, 0.29) is 35.6 Å². The van der Waals surface area contributed by atoms with Gasteiger partial charge in [0.15, 0.2) is 5.13 Å². The van der Waals surface area contributed by atoms with Crippen LogP contribution >= 0.6 is 11.3 Å². The average molecular weight is 518 g/mol. The van der Waals surface area contributed by atoms with Gasteiger partial charge in [-0.3, -0.25) is 4.79 Å². The highest BCUT2D eigenvalue weighted by Crippen LogP contribution is 2.33. The fraction of sp³-hybridized carbons (Fsp3) is 0.292. The third-order valence-electron chi connectivity index (χ3n) is 5.64. The van der Waals surface area contributed by atoms with Gasteiger partial charge in [-0.05, 0) is 44.0 Å². The van der Waals surface area contributed by atoms with Crippen LogP contribution < -0.4 is 5.32 Å². The molecule has 1 fully saturated rings. The zero-order chi connectivity index (χ0) is 25.0. The predicted octanol–water partition coefficient (Wildman–Crippen LogP) is 4.17. The molecule has 1 aliphatic rings. The molecule has 1 aliphatic heterocycles. The fourth-order valence-electron chi connectivity index (χ4n) is 3.82. The first-order valence-electron chi connectivity index (χ1n) is 11.1. The van der Waals surface area contributed by atoms with E-state index in [0.29, 0.717) is 23.4 Å². The molecule has 1 aromatic heterocycles. The molecule has 35 heavy (non-hydrogen) atoms. The van der Waals surface area contributed by atoms with E-state index >= 15 is 0 Å². The van der Waals surface area contributed by atoms with Gasteiger partial charge in [-0.2, -0.15) is 4.31 Å². The lowest BCUT2D eigenvalue weighted by Gasteiger charge is -2.30. The molecule has 0 radical (unpaired) electrons. The molecule has 0 saturated carbocycles. The minimum atomic E-state index is -3.76. The number of thiazole rings is 1. The number of carbonyl (C=O) groups is 2. The number of piperidine rings is 1. The number of anilines is 1. The second kappa shape index (κ2) is 10.6. The molecule has 2 aromatic carbocycles. The number of hydrogen-bond acceptors (Lipinski definition) is 7. The van der Waals surface area contributed by atoms with Gasteiger partial charge < -0.3 is 10.1 Å². The third-order valence-corrected chi connectivity index (χ3v) is 8.51. The number of carbonyl (C=O) groups excluding carboxylic acids is 2. The molecular formula is C24H24FN3O5S2. The molecule has 1 saturated heterocycles. The van der Waals surface area contributed by atoms with Crippen molar-refractivity contribution in [1.29, 1.82) is 0 Å². The van der Waals surface area contributed by atoms with Crippen LogP contribution in [0.1, 0.15) is 29.4 Å². The number of aromatic nitrogens is 1. The fourth-order valence-corrected chi connectivity index (χ4v) is 6.18. The van der Waals surface area contributed by atoms with Gasteiger partial charge in [0, 0.05) is 24.6 Å². The minimum Gasteiger partial charge on any atom is -0.462 e. The van der Waals surface area contributed by atoms with E-state index < -0.39 is 27.7 Å². The number of amides is 1. The summed E-state index contributed by atoms with van der Waals surface area (Å²) in [7, 11) is -3.76. The molecule has 1 N–H and O–H groups in total. The maximum absolute atomic E-state index is 13.2. The summed E-state index contributed by atoms with van der Waals surface area (Å²) < 4.78 is 45.2. The van der Waals surface area contributed by atoms with E-state index in [1.165, 1.54) is 16.4 Å². The Balaban J connectivity index is 1.44. The summed E-state index contributed by atoms with van der Waals surface area (Å²) in [6.07, 6.45) is 0.655. The van der Waals surface area contributed by atoms with Crippen molar-refractivity contribution in [3.05, 3.63) is 65.3 Å². The van der Waals surface area contributed by atoms with Crippen molar-refractivity contribution in [3.63, 3.8) is 0 Å². The predicted molar refractivity (Wildman–Crippen MR) is 130 cm³/mol. The summed E-state index contributed by atoms with van der Waals surface area (Å²) in [5.41, 5.74) is 1.16. The van der Waals surface area contributed by atoms with Crippen molar-refractivity contribution in [2.24, 2.45) is 5.92 Å². The van der Waals surface area contributed by atoms with E-state index in [0.717, 1.165) is 29.0 Å². The Bertz CT molecular complexity index is 1300. The van der Waals surface area contributed by atoms with E-state index in [9.17, 15) is 22.4 Å². The average Bonchev–Trinajstić information content (AvgIpc) is 3.29. The maximum atomic E-state index is 13.2. The summed E-state index contributed by atoms with van der Waals surface area (Å²) in [4.78, 5) is 30.2. The van der Waals surface area contributed by atoms with Crippen LogP contribution in [0.5, 0.6) is 0 Å². The summed E-state index contributed by atoms with van der Waals surface area (Å²) in [5.74, 6) is -1.72. The second-order valence-corrected chi connectivity index (χ2v) is 10.8. The highest BCUT2D eigenvalue weighted by Gasteiger charge is 2.33. The van der Waals surface area contributed by atoms with Crippen molar-refractivity contribution in [1.82, 2.24) is 9.29 Å². The topological polar surface area (TPSA) is 106 Å². The molecule has 1 amide bonds. The molecule has 0 bridgehead atoms. The summed E-state index contributed by atoms with van der Waals surface area (Å²) >= 11 is 1.04. The molecule has 0 aliphatic carbocycles. The zero-order valence-electron chi connectivity index (χ0n) is 18.9. The first kappa shape index (κ1) is 25.0. The number of ether oxygens (including phenoxy) is 1. The van der Waals surface area contributed by atoms with Crippen LogP contribution in [0.4, 0.5) is 9.52 Å². The third kappa shape index (κ3) is 5.58. The van der Waals surface area contributed by atoms with Crippen LogP contribution in [0, 0.1) is 11.7 Å². The SMILES string of the molecule is CCOC(=O)c1sc(NC(=O)C2CCN(S(=O)(=O)c3ccc(F)cc3)CC2)nc1-c1ccccc1. The number of rotatable bonds is 7. The normalized spacial score (nSPS) is 15.0. The van der Waals surface area contributed by atoms with Gasteiger partial charge in [-0.1, -0.05) is 41.7 Å². The van der Waals surface area contributed by atoms with E-state index in [2.05, 4.69) is 10.3 Å². The maximum Gasteiger partial charge on any atom is 0.350 e. The van der Waals surface area contributed by atoms with Crippen molar-refractivity contribution >= 4 is 38.4 Å². The first-order valence-corrected chi connectivity index (χ1v) is 13.3. The Hall–Kier alpha value is -3.15. The summed E-state index contributed by atoms with van der Waals surface area (Å²) in [6.45, 7) is 2.26. The molecule has 3 aromatic rings. The minimum absolute atomic E-state index is 0.0181. The van der Waals surface area contributed by atoms with Crippen LogP contribution in [-0.4, -0.2) is 49.3 Å². The number of halogens is 1. The Morgan fingerprint density at radius 3 is 2.40 bits per heavy atom. The first-order chi connectivity index (χ1) is 16.8. The quantitative estimate of drug-likeness (QED) is 0.472. The van der Waals surface area contributed by atoms with Gasteiger partial charge in [-0.15, -0.1) is 0 Å². The molecule has 8 nitrogen and oxygen atoms in total. The van der Waals surface area contributed by atoms with Gasteiger partial charge in [0.1, 0.15) is 10.7 Å². The summed E-state index contributed by atoms with van der Waals surface area (Å²) in [6, 6.07) is 13.8. The smallest absolute Gasteiger partial charge is 0.350 e. The molecule has 184 valence electrons. The lowest BCUT2D eigenvalue weighted by atomic mass is 9.97. The van der Waals surface area contributed by atoms with E-state index in [4.69, 9.17) is 4.74 Å². The molecule has 0 unspecified atom stereocenters. The van der Waals surface area contributed by atoms with E-state index in [1.54, 1.807) is 6.92 Å². The zero-order valence-corrected chi connectivity index (χ0v) is 20.6. The van der Waals surface area contributed by atoms with Gasteiger partial charge in [0.05, 0.1) is 17.2 Å². The van der Waals surface area contributed by atoms with Crippen LogP contribution in [0.3, 0.4) is 0 Å². The molecular weight excluding hydrogens is 493 g/mol. The monoisotopic (exact) mass is 517 g/mol. The lowest BCUT2D eigenvalue weighted by molar-refractivity contribution is -0.120. The number of esters is 1. The van der Waals surface area contributed by atoms with Crippen molar-refractivity contribution in [2.45, 2.75) is 24.7 Å². The van der Waals surface area contributed by atoms with Crippen LogP contribution in [0.15, 0.2) is 59.5 Å². The highest BCUT2D eigenvalue weighted by atomic mass is 32.2. The van der Waals surface area contributed by atoms with E-state index in [1.807, 2.05) is 30.3 Å². The largest absolute Gasteiger partial charge is 0.462 e. The highest BCUT2D eigenvalue weighted by molar-refractivity contribution is 7.89. The number of nitrogens with one attached hydrogen (secondary N) is 1. The van der Waals surface area contributed by atoms with Gasteiger partial charge in [0.25, 0.3) is 0 Å². The Kier molecular flexibility index (Phi) is 7.58. The molecule has 11 heteroatoms. The van der Waals surface area contributed by atoms with Gasteiger partial charge in [-0.25, -0.2) is 22.6 Å². The molecule has 0 atom stereocenters. The number of sulfonamides is 1. The number of nitrogens with zero attached hydrogens (tertiary/aromatic N) is 2. The standard InChI is InChI=1S/C24H24FN3O5S2/c1-2-33-23(30)21-20(16-6-4-3-5-7-16)26-24(34-21)27-22(29)17-12-14-28(15-13-17)35(31,32)19-10-8-18(25)9-11-19/h3-11,17H,2,12-15H2,1H3,(H,26,27,29). The second-order valence-electron chi connectivity index (χ2n) is 7.90. The van der Waals surface area contributed by atoms with Gasteiger partial charge >= 0.3 is 5.97 Å². The van der Waals surface area contributed by atoms with Gasteiger partial charge in [0.2, 0.25) is 15.9 Å². The van der Waals surface area contributed by atoms with Crippen molar-refractivity contribution < 1.29 is 27.1 Å². The molecule has 4 rings (SSSR count).